The van der Waals surface area contributed by atoms with Crippen LogP contribution in [-0.4, -0.2) is 29.4 Å². The Morgan fingerprint density at radius 1 is 0.621 bits per heavy atom. The number of hydrogen-bond acceptors (Lipinski definition) is 4. The van der Waals surface area contributed by atoms with Gasteiger partial charge in [-0.1, -0.05) is 60.7 Å². The van der Waals surface area contributed by atoms with Gasteiger partial charge in [-0.15, -0.1) is 0 Å². The molecule has 0 spiro atoms. The molecule has 0 atom stereocenters. The van der Waals surface area contributed by atoms with E-state index in [-0.39, 0.29) is 13.1 Å². The molecule has 29 heavy (non-hydrogen) atoms. The summed E-state index contributed by atoms with van der Waals surface area (Å²) in [6.45, 7) is 0. The van der Waals surface area contributed by atoms with Crippen LogP contribution in [0.25, 0.3) is 0 Å². The average molecular weight is 468 g/mol. The topological polar surface area (TPSA) is 54.4 Å². The second-order valence-electron chi connectivity index (χ2n) is 5.59. The first-order chi connectivity index (χ1) is 14.2. The van der Waals surface area contributed by atoms with Gasteiger partial charge < -0.3 is 4.57 Å². The summed E-state index contributed by atoms with van der Waals surface area (Å²) in [6.07, 6.45) is 6.87. The van der Waals surface area contributed by atoms with E-state index in [1.165, 1.54) is 0 Å². The van der Waals surface area contributed by atoms with Crippen molar-refractivity contribution < 1.29 is 13.1 Å². The fraction of sp³-hybridized carbons (Fsp3) is 0.0476. The Hall–Kier alpha value is -2.50. The average Bonchev–Trinajstić information content (AvgIpc) is 3.10. The third-order valence-electron chi connectivity index (χ3n) is 3.73. The van der Waals surface area contributed by atoms with Gasteiger partial charge in [0.2, 0.25) is 0 Å². The number of benzene rings is 2. The molecule has 0 aliphatic carbocycles. The fourth-order valence-electron chi connectivity index (χ4n) is 2.27. The van der Waals surface area contributed by atoms with E-state index in [0.29, 0.717) is 0 Å². The van der Waals surface area contributed by atoms with Gasteiger partial charge in [0.15, 0.2) is 0 Å². The molecule has 0 aliphatic heterocycles. The summed E-state index contributed by atoms with van der Waals surface area (Å²) in [5.74, 6) is 0. The van der Waals surface area contributed by atoms with E-state index in [1.807, 2.05) is 84.4 Å². The Morgan fingerprint density at radius 2 is 0.966 bits per heavy atom. The van der Waals surface area contributed by atoms with Crippen molar-refractivity contribution in [3.05, 3.63) is 95.3 Å². The van der Waals surface area contributed by atoms with E-state index in [0.717, 1.165) is 22.5 Å². The molecule has 0 N–H and O–H groups in total. The van der Waals surface area contributed by atoms with Gasteiger partial charge in [-0.05, 0) is 23.3 Å². The number of hydrogen-bond donors (Lipinski definition) is 0. The number of aromatic nitrogens is 1. The van der Waals surface area contributed by atoms with Crippen LogP contribution in [0.5, 0.6) is 0 Å². The van der Waals surface area contributed by atoms with Gasteiger partial charge in [0.1, 0.15) is 0 Å². The molecule has 5 nitrogen and oxygen atoms in total. The van der Waals surface area contributed by atoms with Crippen LogP contribution in [0, 0.1) is 0 Å². The molecule has 0 fully saturated rings. The Balaban J connectivity index is 0.000000941. The van der Waals surface area contributed by atoms with Gasteiger partial charge in [0, 0.05) is 7.05 Å². The first kappa shape index (κ1) is 22.8. The predicted octanol–water partition coefficient (Wildman–Crippen LogP) is 5.31. The molecule has 0 unspecified atom stereocenters. The van der Waals surface area contributed by atoms with Crippen molar-refractivity contribution in [1.29, 1.82) is 0 Å². The van der Waals surface area contributed by atoms with Crippen molar-refractivity contribution in [1.82, 2.24) is 4.57 Å². The van der Waals surface area contributed by atoms with E-state index in [2.05, 4.69) is 20.4 Å². The Labute approximate surface area is 185 Å². The Kier molecular flexibility index (Phi) is 10.7. The van der Waals surface area contributed by atoms with E-state index in [4.69, 9.17) is 20.2 Å². The van der Waals surface area contributed by atoms with Crippen molar-refractivity contribution in [3.63, 3.8) is 0 Å². The Morgan fingerprint density at radius 3 is 1.34 bits per heavy atom. The van der Waals surface area contributed by atoms with Crippen LogP contribution < -0.4 is 0 Å². The van der Waals surface area contributed by atoms with Crippen LogP contribution in [0.15, 0.2) is 93.2 Å². The minimum atomic E-state index is 0.194. The summed E-state index contributed by atoms with van der Waals surface area (Å²) in [5, 5.41) is 16.3. The van der Waals surface area contributed by atoms with Crippen molar-refractivity contribution in [2.45, 2.75) is 0 Å². The normalized spacial score (nSPS) is 11.7. The van der Waals surface area contributed by atoms with E-state index < -0.39 is 0 Å². The summed E-state index contributed by atoms with van der Waals surface area (Å²) in [5.41, 5.74) is 3.90. The maximum atomic E-state index is 4.76. The first-order valence-corrected chi connectivity index (χ1v) is 11.5. The summed E-state index contributed by atoms with van der Waals surface area (Å²) in [7, 11) is 11.5. The molecular formula is C21H19Cl2FeN5. The zero-order valence-electron chi connectivity index (χ0n) is 15.6. The molecule has 1 heterocycles. The van der Waals surface area contributed by atoms with Gasteiger partial charge >= 0.3 is 33.3 Å². The van der Waals surface area contributed by atoms with E-state index >= 15 is 0 Å². The molecule has 0 saturated carbocycles. The molecule has 0 aliphatic rings. The summed E-state index contributed by atoms with van der Waals surface area (Å²) >= 11 is 0.194. The fourth-order valence-corrected chi connectivity index (χ4v) is 2.27. The molecule has 8 heteroatoms. The second-order valence-corrected chi connectivity index (χ2v) is 7.42. The summed E-state index contributed by atoms with van der Waals surface area (Å²) in [4.78, 5) is 0. The zero-order valence-corrected chi connectivity index (χ0v) is 18.2. The molecule has 0 saturated heterocycles. The van der Waals surface area contributed by atoms with Crippen molar-refractivity contribution in [3.8, 4) is 0 Å². The van der Waals surface area contributed by atoms with E-state index in [1.54, 1.807) is 24.9 Å². The number of halogens is 2. The standard InChI is InChI=1S/C21H19N5.2ClH.Fe/c1-26-20(16-24-22-14-18-8-4-2-5-9-18)12-13-21(26)17-25-23-15-19-10-6-3-7-11-19;;;/h2-17H,1H3;2*1H;/q;;;+2/p-2/b22-14-,23-15-,24-16+,25-17+;;;. The molecule has 3 aromatic rings. The van der Waals surface area contributed by atoms with Gasteiger partial charge in [-0.2, -0.15) is 20.4 Å². The van der Waals surface area contributed by atoms with Gasteiger partial charge in [0.25, 0.3) is 0 Å². The maximum absolute atomic E-state index is 4.76. The molecule has 1 aromatic heterocycles. The van der Waals surface area contributed by atoms with Gasteiger partial charge in [0.05, 0.1) is 36.2 Å². The predicted molar refractivity (Wildman–Crippen MR) is 120 cm³/mol. The summed E-state index contributed by atoms with van der Waals surface area (Å²) in [6, 6.07) is 23.6. The monoisotopic (exact) mass is 467 g/mol. The molecule has 0 radical (unpaired) electrons. The number of rotatable bonds is 6. The number of nitrogens with zero attached hydrogens (tertiary/aromatic N) is 5. The molecule has 2 aromatic carbocycles. The van der Waals surface area contributed by atoms with Crippen molar-refractivity contribution in [2.75, 3.05) is 0 Å². The van der Waals surface area contributed by atoms with Crippen LogP contribution in [0.3, 0.4) is 0 Å². The zero-order chi connectivity index (χ0) is 20.7. The van der Waals surface area contributed by atoms with E-state index in [9.17, 15) is 0 Å². The molecule has 0 bridgehead atoms. The van der Waals surface area contributed by atoms with Crippen molar-refractivity contribution >= 4 is 45.1 Å². The van der Waals surface area contributed by atoms with Crippen LogP contribution in [-0.2, 0) is 20.2 Å². The third kappa shape index (κ3) is 8.59. The van der Waals surface area contributed by atoms with Crippen LogP contribution in [0.2, 0.25) is 0 Å². The van der Waals surface area contributed by atoms with Crippen LogP contribution in [0.1, 0.15) is 22.5 Å². The molecule has 0 amide bonds. The molecular weight excluding hydrogens is 449 g/mol. The van der Waals surface area contributed by atoms with Crippen LogP contribution in [0.4, 0.5) is 0 Å². The van der Waals surface area contributed by atoms with Gasteiger partial charge in [-0.3, -0.25) is 0 Å². The third-order valence-corrected chi connectivity index (χ3v) is 3.73. The first-order valence-electron chi connectivity index (χ1n) is 8.48. The van der Waals surface area contributed by atoms with Crippen LogP contribution >= 0.6 is 20.2 Å². The quantitative estimate of drug-likeness (QED) is 0.268. The minimum absolute atomic E-state index is 0.194. The second kappa shape index (κ2) is 13.6. The SMILES string of the molecule is Cn1c(/C=N/N=C\c2ccccc2)ccc1/C=N/N=C\c1ccccc1.[Cl][Fe][Cl]. The Bertz CT molecular complexity index is 890. The van der Waals surface area contributed by atoms with Gasteiger partial charge in [-0.25, -0.2) is 0 Å². The molecule has 150 valence electrons. The molecule has 3 rings (SSSR count). The summed E-state index contributed by atoms with van der Waals surface area (Å²) < 4.78 is 1.98. The van der Waals surface area contributed by atoms with Crippen molar-refractivity contribution in [2.24, 2.45) is 27.5 Å².